The fourth-order valence-electron chi connectivity index (χ4n) is 3.12. The third-order valence-electron chi connectivity index (χ3n) is 4.39. The molecule has 2 rings (SSSR count). The van der Waals surface area contributed by atoms with Crippen molar-refractivity contribution in [2.45, 2.75) is 76.9 Å². The molecule has 1 unspecified atom stereocenters. The Hall–Kier alpha value is -0.770. The lowest BCUT2D eigenvalue weighted by Gasteiger charge is -2.20. The van der Waals surface area contributed by atoms with Gasteiger partial charge < -0.3 is 14.2 Å². The molecule has 1 saturated carbocycles. The van der Waals surface area contributed by atoms with Crippen LogP contribution in [0.15, 0.2) is 0 Å². The first-order chi connectivity index (χ1) is 9.74. The van der Waals surface area contributed by atoms with Crippen molar-refractivity contribution in [1.82, 2.24) is 0 Å². The maximum Gasteiger partial charge on any atom is 0.510 e. The molecule has 0 aromatic rings. The van der Waals surface area contributed by atoms with E-state index in [2.05, 4.69) is 0 Å². The van der Waals surface area contributed by atoms with Gasteiger partial charge in [0.15, 0.2) is 0 Å². The molecule has 4 nitrogen and oxygen atoms in total. The molecule has 0 aromatic carbocycles. The summed E-state index contributed by atoms with van der Waals surface area (Å²) < 4.78 is 15.4. The fourth-order valence-corrected chi connectivity index (χ4v) is 3.12. The van der Waals surface area contributed by atoms with E-state index < -0.39 is 11.9 Å². The van der Waals surface area contributed by atoms with E-state index in [1.165, 1.54) is 51.4 Å². The molecule has 2 fully saturated rings. The summed E-state index contributed by atoms with van der Waals surface area (Å²) >= 11 is 0. The Morgan fingerprint density at radius 2 is 1.85 bits per heavy atom. The van der Waals surface area contributed by atoms with Crippen molar-refractivity contribution in [3.63, 3.8) is 0 Å². The summed E-state index contributed by atoms with van der Waals surface area (Å²) in [6.07, 6.45) is 12.2. The molecule has 1 saturated heterocycles. The van der Waals surface area contributed by atoms with Crippen molar-refractivity contribution >= 4 is 6.16 Å². The Morgan fingerprint density at radius 3 is 2.45 bits per heavy atom. The van der Waals surface area contributed by atoms with Crippen LogP contribution in [0.4, 0.5) is 4.79 Å². The van der Waals surface area contributed by atoms with Crippen molar-refractivity contribution in [2.75, 3.05) is 13.2 Å². The zero-order chi connectivity index (χ0) is 14.3. The minimum Gasteiger partial charge on any atom is -0.435 e. The molecule has 1 aliphatic carbocycles. The Balaban J connectivity index is 1.63. The van der Waals surface area contributed by atoms with E-state index >= 15 is 0 Å². The minimum absolute atomic E-state index is 0.344. The molecule has 0 bridgehead atoms. The van der Waals surface area contributed by atoms with Gasteiger partial charge in [-0.3, -0.25) is 0 Å². The fraction of sp³-hybridized carbons (Fsp3) is 0.938. The molecule has 0 aromatic heterocycles. The van der Waals surface area contributed by atoms with Crippen molar-refractivity contribution in [3.8, 4) is 0 Å². The van der Waals surface area contributed by atoms with Crippen LogP contribution in [0, 0.1) is 5.92 Å². The summed E-state index contributed by atoms with van der Waals surface area (Å²) in [5.41, 5.74) is 0. The lowest BCUT2D eigenvalue weighted by atomic mass is 9.87. The van der Waals surface area contributed by atoms with Crippen molar-refractivity contribution < 1.29 is 19.0 Å². The van der Waals surface area contributed by atoms with Crippen LogP contribution in [0.3, 0.4) is 0 Å². The number of hydrogen-bond acceptors (Lipinski definition) is 4. The van der Waals surface area contributed by atoms with Crippen LogP contribution in [0.1, 0.15) is 71.1 Å². The van der Waals surface area contributed by atoms with Gasteiger partial charge in [-0.2, -0.15) is 0 Å². The Bertz CT molecular complexity index is 291. The zero-order valence-electron chi connectivity index (χ0n) is 12.7. The standard InChI is InChI=1S/C16H28O4/c1-2-18-15(17)20-16(13-19-16)12-8-11-14-9-6-4-3-5-7-10-14/h14H,2-13H2,1H3. The van der Waals surface area contributed by atoms with Gasteiger partial charge in [-0.05, 0) is 19.3 Å². The van der Waals surface area contributed by atoms with Crippen molar-refractivity contribution in [3.05, 3.63) is 0 Å². The molecule has 0 radical (unpaired) electrons. The average Bonchev–Trinajstić information content (AvgIpc) is 3.12. The van der Waals surface area contributed by atoms with E-state index in [0.717, 1.165) is 18.8 Å². The van der Waals surface area contributed by atoms with Gasteiger partial charge >= 0.3 is 6.16 Å². The number of hydrogen-bond donors (Lipinski definition) is 0. The van der Waals surface area contributed by atoms with E-state index in [1.807, 2.05) is 0 Å². The second-order valence-corrected chi connectivity index (χ2v) is 6.09. The third-order valence-corrected chi connectivity index (χ3v) is 4.39. The molecule has 1 atom stereocenters. The van der Waals surface area contributed by atoms with Gasteiger partial charge in [0.25, 0.3) is 0 Å². The molecule has 4 heteroatoms. The molecule has 0 N–H and O–H groups in total. The molecule has 2 aliphatic rings. The first-order valence-electron chi connectivity index (χ1n) is 8.24. The Morgan fingerprint density at radius 1 is 1.20 bits per heavy atom. The molecule has 0 amide bonds. The summed E-state index contributed by atoms with van der Waals surface area (Å²) in [4.78, 5) is 11.3. The Labute approximate surface area is 122 Å². The van der Waals surface area contributed by atoms with Crippen LogP contribution >= 0.6 is 0 Å². The number of carbonyl (C=O) groups excluding carboxylic acids is 1. The van der Waals surface area contributed by atoms with Gasteiger partial charge in [0.2, 0.25) is 5.79 Å². The average molecular weight is 284 g/mol. The van der Waals surface area contributed by atoms with Gasteiger partial charge in [0, 0.05) is 6.42 Å². The Kier molecular flexibility index (Phi) is 6.14. The first kappa shape index (κ1) is 15.6. The normalized spacial score (nSPS) is 27.4. The number of ether oxygens (including phenoxy) is 3. The minimum atomic E-state index is -0.659. The predicted octanol–water partition coefficient (Wildman–Crippen LogP) is 4.42. The topological polar surface area (TPSA) is 48.1 Å². The summed E-state index contributed by atoms with van der Waals surface area (Å²) in [5, 5.41) is 0. The maximum absolute atomic E-state index is 11.3. The SMILES string of the molecule is CCOC(=O)OC1(CCCC2CCCCCCC2)CO1. The predicted molar refractivity (Wildman–Crippen MR) is 76.5 cm³/mol. The zero-order valence-corrected chi connectivity index (χ0v) is 12.7. The highest BCUT2D eigenvalue weighted by molar-refractivity contribution is 5.60. The van der Waals surface area contributed by atoms with Gasteiger partial charge in [-0.1, -0.05) is 51.4 Å². The van der Waals surface area contributed by atoms with Gasteiger partial charge in [0.05, 0.1) is 6.61 Å². The lowest BCUT2D eigenvalue weighted by molar-refractivity contribution is -0.0385. The van der Waals surface area contributed by atoms with Crippen LogP contribution < -0.4 is 0 Å². The maximum atomic E-state index is 11.3. The smallest absolute Gasteiger partial charge is 0.435 e. The van der Waals surface area contributed by atoms with Crippen LogP contribution in [-0.2, 0) is 14.2 Å². The molecular formula is C16H28O4. The molecule has 1 heterocycles. The molecule has 1 aliphatic heterocycles. The van der Waals surface area contributed by atoms with Crippen LogP contribution in [0.2, 0.25) is 0 Å². The highest BCUT2D eigenvalue weighted by Crippen LogP contribution is 2.36. The molecule has 0 spiro atoms. The largest absolute Gasteiger partial charge is 0.510 e. The second kappa shape index (κ2) is 7.87. The molecular weight excluding hydrogens is 256 g/mol. The summed E-state index contributed by atoms with van der Waals surface area (Å²) in [6, 6.07) is 0. The third kappa shape index (κ3) is 5.31. The van der Waals surface area contributed by atoms with E-state index in [1.54, 1.807) is 6.92 Å². The quantitative estimate of drug-likeness (QED) is 0.535. The first-order valence-corrected chi connectivity index (χ1v) is 8.24. The highest BCUT2D eigenvalue weighted by Gasteiger charge is 2.49. The molecule has 116 valence electrons. The summed E-state index contributed by atoms with van der Waals surface area (Å²) in [5.74, 6) is 0.196. The van der Waals surface area contributed by atoms with Gasteiger partial charge in [0.1, 0.15) is 6.61 Å². The van der Waals surface area contributed by atoms with E-state index in [4.69, 9.17) is 14.2 Å². The van der Waals surface area contributed by atoms with E-state index in [-0.39, 0.29) is 0 Å². The van der Waals surface area contributed by atoms with Crippen LogP contribution in [-0.4, -0.2) is 25.2 Å². The lowest BCUT2D eigenvalue weighted by Crippen LogP contribution is -2.22. The van der Waals surface area contributed by atoms with Crippen LogP contribution in [0.5, 0.6) is 0 Å². The van der Waals surface area contributed by atoms with E-state index in [9.17, 15) is 4.79 Å². The monoisotopic (exact) mass is 284 g/mol. The van der Waals surface area contributed by atoms with Crippen LogP contribution in [0.25, 0.3) is 0 Å². The number of rotatable bonds is 6. The van der Waals surface area contributed by atoms with Gasteiger partial charge in [-0.15, -0.1) is 0 Å². The number of epoxide rings is 1. The van der Waals surface area contributed by atoms with E-state index in [0.29, 0.717) is 13.2 Å². The summed E-state index contributed by atoms with van der Waals surface area (Å²) in [6.45, 7) is 2.64. The van der Waals surface area contributed by atoms with Gasteiger partial charge in [-0.25, -0.2) is 4.79 Å². The molecule has 20 heavy (non-hydrogen) atoms. The highest BCUT2D eigenvalue weighted by atomic mass is 16.8. The van der Waals surface area contributed by atoms with Crippen molar-refractivity contribution in [1.29, 1.82) is 0 Å². The summed E-state index contributed by atoms with van der Waals surface area (Å²) in [7, 11) is 0. The van der Waals surface area contributed by atoms with Crippen molar-refractivity contribution in [2.24, 2.45) is 5.92 Å². The second-order valence-electron chi connectivity index (χ2n) is 6.09. The number of carbonyl (C=O) groups is 1.